The molecule has 0 fully saturated rings. The van der Waals surface area contributed by atoms with Crippen LogP contribution in [0.5, 0.6) is 0 Å². The van der Waals surface area contributed by atoms with Gasteiger partial charge in [0.25, 0.3) is 5.91 Å². The van der Waals surface area contributed by atoms with Gasteiger partial charge in [-0.2, -0.15) is 0 Å². The molecule has 0 aromatic heterocycles. The van der Waals surface area contributed by atoms with E-state index in [2.05, 4.69) is 5.32 Å². The van der Waals surface area contributed by atoms with E-state index in [0.717, 1.165) is 0 Å². The van der Waals surface area contributed by atoms with E-state index >= 15 is 0 Å². The number of rotatable bonds is 4. The average molecular weight is 254 g/mol. The quantitative estimate of drug-likeness (QED) is 0.807. The van der Waals surface area contributed by atoms with E-state index in [1.807, 2.05) is 0 Å². The summed E-state index contributed by atoms with van der Waals surface area (Å²) in [6, 6.07) is 4.21. The Hall–Kier alpha value is -1.49. The molecule has 3 nitrogen and oxygen atoms in total. The summed E-state index contributed by atoms with van der Waals surface area (Å²) in [4.78, 5) is 12.1. The van der Waals surface area contributed by atoms with Crippen molar-refractivity contribution in [2.45, 2.75) is 26.3 Å². The van der Waals surface area contributed by atoms with Crippen LogP contribution in [0.2, 0.25) is 0 Å². The maximum Gasteiger partial charge on any atom is 0.251 e. The highest BCUT2D eigenvalue weighted by molar-refractivity contribution is 7.80. The van der Waals surface area contributed by atoms with E-state index in [9.17, 15) is 9.18 Å². The maximum atomic E-state index is 13.3. The molecule has 5 heteroatoms. The van der Waals surface area contributed by atoms with Gasteiger partial charge in [0.2, 0.25) is 0 Å². The SMILES string of the molecule is Cc1ccc(C(=O)NC(C)CC(N)=S)cc1F. The molecule has 1 rings (SSSR count). The molecule has 1 unspecified atom stereocenters. The van der Waals surface area contributed by atoms with Crippen molar-refractivity contribution in [1.29, 1.82) is 0 Å². The van der Waals surface area contributed by atoms with E-state index in [0.29, 0.717) is 22.5 Å². The number of nitrogens with one attached hydrogen (secondary N) is 1. The topological polar surface area (TPSA) is 55.1 Å². The fourth-order valence-electron chi connectivity index (χ4n) is 1.39. The van der Waals surface area contributed by atoms with Crippen LogP contribution in [-0.2, 0) is 0 Å². The van der Waals surface area contributed by atoms with Crippen LogP contribution in [0.25, 0.3) is 0 Å². The number of carbonyl (C=O) groups excluding carboxylic acids is 1. The van der Waals surface area contributed by atoms with Crippen molar-refractivity contribution in [2.75, 3.05) is 0 Å². The molecule has 0 bridgehead atoms. The van der Waals surface area contributed by atoms with Gasteiger partial charge in [-0.3, -0.25) is 4.79 Å². The molecule has 17 heavy (non-hydrogen) atoms. The summed E-state index contributed by atoms with van der Waals surface area (Å²) in [7, 11) is 0. The van der Waals surface area contributed by atoms with Crippen molar-refractivity contribution in [3.8, 4) is 0 Å². The molecule has 0 aliphatic rings. The van der Waals surface area contributed by atoms with Crippen LogP contribution in [0.1, 0.15) is 29.3 Å². The number of thiocarbonyl (C=S) groups is 1. The van der Waals surface area contributed by atoms with Crippen molar-refractivity contribution in [3.05, 3.63) is 35.1 Å². The lowest BCUT2D eigenvalue weighted by molar-refractivity contribution is 0.0941. The second-order valence-corrected chi connectivity index (χ2v) is 4.53. The lowest BCUT2D eigenvalue weighted by atomic mass is 10.1. The highest BCUT2D eigenvalue weighted by atomic mass is 32.1. The Morgan fingerprint density at radius 2 is 2.24 bits per heavy atom. The minimum atomic E-state index is -0.389. The molecule has 0 heterocycles. The van der Waals surface area contributed by atoms with Crippen molar-refractivity contribution in [2.24, 2.45) is 5.73 Å². The van der Waals surface area contributed by atoms with Gasteiger partial charge in [0.05, 0.1) is 4.99 Å². The fraction of sp³-hybridized carbons (Fsp3) is 0.333. The monoisotopic (exact) mass is 254 g/mol. The minimum absolute atomic E-state index is 0.163. The Labute approximate surface area is 105 Å². The molecule has 1 aromatic rings. The largest absolute Gasteiger partial charge is 0.393 e. The number of amides is 1. The van der Waals surface area contributed by atoms with Crippen LogP contribution in [-0.4, -0.2) is 16.9 Å². The molecule has 1 atom stereocenters. The summed E-state index contributed by atoms with van der Waals surface area (Å²) in [5.74, 6) is -0.715. The van der Waals surface area contributed by atoms with Crippen molar-refractivity contribution < 1.29 is 9.18 Å². The lowest BCUT2D eigenvalue weighted by Crippen LogP contribution is -2.35. The molecule has 1 aromatic carbocycles. The Kier molecular flexibility index (Phi) is 4.57. The van der Waals surface area contributed by atoms with E-state index in [4.69, 9.17) is 18.0 Å². The van der Waals surface area contributed by atoms with Crippen LogP contribution in [0, 0.1) is 12.7 Å². The molecule has 0 radical (unpaired) electrons. The Morgan fingerprint density at radius 1 is 1.59 bits per heavy atom. The standard InChI is InChI=1S/C12H15FN2OS/c1-7-3-4-9(6-10(7)13)12(16)15-8(2)5-11(14)17/h3-4,6,8H,5H2,1-2H3,(H2,14,17)(H,15,16). The van der Waals surface area contributed by atoms with Gasteiger partial charge in [-0.1, -0.05) is 18.3 Å². The molecule has 0 saturated carbocycles. The molecule has 0 spiro atoms. The van der Waals surface area contributed by atoms with Crippen LogP contribution < -0.4 is 11.1 Å². The predicted octanol–water partition coefficient (Wildman–Crippen LogP) is 1.93. The van der Waals surface area contributed by atoms with Gasteiger partial charge in [-0.25, -0.2) is 4.39 Å². The molecule has 0 aliphatic carbocycles. The smallest absolute Gasteiger partial charge is 0.251 e. The third-order valence-electron chi connectivity index (χ3n) is 2.32. The van der Waals surface area contributed by atoms with Gasteiger partial charge >= 0.3 is 0 Å². The lowest BCUT2D eigenvalue weighted by Gasteiger charge is -2.13. The van der Waals surface area contributed by atoms with Crippen LogP contribution in [0.3, 0.4) is 0 Å². The molecule has 3 N–H and O–H groups in total. The fourth-order valence-corrected chi connectivity index (χ4v) is 1.64. The van der Waals surface area contributed by atoms with E-state index in [1.165, 1.54) is 6.07 Å². The third kappa shape index (κ3) is 4.11. The molecule has 0 aliphatic heterocycles. The third-order valence-corrected chi connectivity index (χ3v) is 2.49. The first-order chi connectivity index (χ1) is 7.90. The normalized spacial score (nSPS) is 11.9. The summed E-state index contributed by atoms with van der Waals surface area (Å²) < 4.78 is 13.3. The summed E-state index contributed by atoms with van der Waals surface area (Å²) in [6.45, 7) is 3.44. The van der Waals surface area contributed by atoms with Gasteiger partial charge < -0.3 is 11.1 Å². The maximum absolute atomic E-state index is 13.3. The molecular formula is C12H15FN2OS. The number of hydrogen-bond donors (Lipinski definition) is 2. The summed E-state index contributed by atoms with van der Waals surface area (Å²) in [6.07, 6.45) is 0.426. The zero-order chi connectivity index (χ0) is 13.0. The van der Waals surface area contributed by atoms with Crippen molar-refractivity contribution in [3.63, 3.8) is 0 Å². The van der Waals surface area contributed by atoms with Gasteiger partial charge in [0.1, 0.15) is 5.82 Å². The zero-order valence-corrected chi connectivity index (χ0v) is 10.6. The number of halogens is 1. The minimum Gasteiger partial charge on any atom is -0.393 e. The first kappa shape index (κ1) is 13.6. The van der Waals surface area contributed by atoms with Gasteiger partial charge in [-0.15, -0.1) is 0 Å². The van der Waals surface area contributed by atoms with Crippen LogP contribution >= 0.6 is 12.2 Å². The Morgan fingerprint density at radius 3 is 2.76 bits per heavy atom. The van der Waals surface area contributed by atoms with Gasteiger partial charge in [0, 0.05) is 18.0 Å². The zero-order valence-electron chi connectivity index (χ0n) is 9.79. The summed E-state index contributed by atoms with van der Waals surface area (Å²) >= 11 is 4.75. The summed E-state index contributed by atoms with van der Waals surface area (Å²) in [5, 5.41) is 2.70. The molecule has 0 saturated heterocycles. The number of hydrogen-bond acceptors (Lipinski definition) is 2. The van der Waals surface area contributed by atoms with E-state index < -0.39 is 0 Å². The number of nitrogens with two attached hydrogens (primary N) is 1. The van der Waals surface area contributed by atoms with E-state index in [1.54, 1.807) is 26.0 Å². The van der Waals surface area contributed by atoms with Crippen molar-refractivity contribution >= 4 is 23.1 Å². The second kappa shape index (κ2) is 5.72. The number of carbonyl (C=O) groups is 1. The molecular weight excluding hydrogens is 239 g/mol. The van der Waals surface area contributed by atoms with Gasteiger partial charge in [-0.05, 0) is 31.5 Å². The summed E-state index contributed by atoms with van der Waals surface area (Å²) in [5.41, 5.74) is 6.18. The van der Waals surface area contributed by atoms with Crippen molar-refractivity contribution in [1.82, 2.24) is 5.32 Å². The van der Waals surface area contributed by atoms with Crippen LogP contribution in [0.15, 0.2) is 18.2 Å². The highest BCUT2D eigenvalue weighted by Crippen LogP contribution is 2.09. The second-order valence-electron chi connectivity index (χ2n) is 4.01. The molecule has 1 amide bonds. The highest BCUT2D eigenvalue weighted by Gasteiger charge is 2.11. The first-order valence-electron chi connectivity index (χ1n) is 5.25. The van der Waals surface area contributed by atoms with Gasteiger partial charge in [0.15, 0.2) is 0 Å². The number of aryl methyl sites for hydroxylation is 1. The average Bonchev–Trinajstić information content (AvgIpc) is 2.20. The number of benzene rings is 1. The predicted molar refractivity (Wildman–Crippen MR) is 69.5 cm³/mol. The first-order valence-corrected chi connectivity index (χ1v) is 5.66. The Bertz CT molecular complexity index is 448. The van der Waals surface area contributed by atoms with E-state index in [-0.39, 0.29) is 17.8 Å². The molecule has 92 valence electrons. The Balaban J connectivity index is 2.70. The van der Waals surface area contributed by atoms with Crippen LogP contribution in [0.4, 0.5) is 4.39 Å².